The minimum absolute atomic E-state index is 0.551. The van der Waals surface area contributed by atoms with Crippen LogP contribution in [0.15, 0.2) is 36.7 Å². The average molecular weight is 258 g/mol. The topological polar surface area (TPSA) is 48.7 Å². The molecule has 0 saturated carbocycles. The summed E-state index contributed by atoms with van der Waals surface area (Å²) in [7, 11) is 0. The Morgan fingerprint density at radius 1 is 1.39 bits per heavy atom. The van der Waals surface area contributed by atoms with E-state index in [4.69, 9.17) is 16.9 Å². The average Bonchev–Trinajstić information content (AvgIpc) is 2.39. The first-order valence-electron chi connectivity index (χ1n) is 5.53. The maximum absolute atomic E-state index is 8.76. The number of halogens is 1. The highest BCUT2D eigenvalue weighted by Gasteiger charge is 2.03. The summed E-state index contributed by atoms with van der Waals surface area (Å²) in [5, 5.41) is 12.6. The van der Waals surface area contributed by atoms with Crippen LogP contribution in [0.4, 0.5) is 5.69 Å². The predicted molar refractivity (Wildman–Crippen MR) is 72.5 cm³/mol. The normalized spacial score (nSPS) is 9.83. The number of benzene rings is 1. The lowest BCUT2D eigenvalue weighted by molar-refractivity contribution is 1.08. The highest BCUT2D eigenvalue weighted by atomic mass is 35.5. The van der Waals surface area contributed by atoms with Gasteiger partial charge >= 0.3 is 0 Å². The maximum atomic E-state index is 8.76. The lowest BCUT2D eigenvalue weighted by Crippen LogP contribution is -2.02. The molecule has 2 aromatic rings. The van der Waals surface area contributed by atoms with Crippen LogP contribution in [0.2, 0.25) is 5.02 Å². The lowest BCUT2D eigenvalue weighted by atomic mass is 10.1. The standard InChI is InChI=1S/C14H12ClN3/c1-10-4-5-17-8-12(10)9-18-14-3-2-11(7-16)6-13(14)15/h2-6,8,18H,9H2,1H3. The molecule has 1 aromatic carbocycles. The van der Waals surface area contributed by atoms with E-state index in [1.807, 2.05) is 25.3 Å². The van der Waals surface area contributed by atoms with E-state index in [0.29, 0.717) is 17.1 Å². The largest absolute Gasteiger partial charge is 0.380 e. The van der Waals surface area contributed by atoms with Gasteiger partial charge in [0.1, 0.15) is 0 Å². The second-order valence-electron chi connectivity index (χ2n) is 3.96. The molecule has 1 heterocycles. The van der Waals surface area contributed by atoms with Crippen molar-refractivity contribution in [3.8, 4) is 6.07 Å². The lowest BCUT2D eigenvalue weighted by Gasteiger charge is -2.10. The summed E-state index contributed by atoms with van der Waals surface area (Å²) >= 11 is 6.08. The SMILES string of the molecule is Cc1ccncc1CNc1ccc(C#N)cc1Cl. The van der Waals surface area contributed by atoms with E-state index < -0.39 is 0 Å². The molecule has 0 radical (unpaired) electrons. The zero-order valence-corrected chi connectivity index (χ0v) is 10.7. The van der Waals surface area contributed by atoms with Crippen LogP contribution in [0.25, 0.3) is 0 Å². The van der Waals surface area contributed by atoms with Crippen molar-refractivity contribution >= 4 is 17.3 Å². The summed E-state index contributed by atoms with van der Waals surface area (Å²) in [6, 6.07) is 9.23. The quantitative estimate of drug-likeness (QED) is 0.915. The molecule has 4 heteroatoms. The van der Waals surface area contributed by atoms with Crippen molar-refractivity contribution in [1.82, 2.24) is 4.98 Å². The van der Waals surface area contributed by atoms with Crippen molar-refractivity contribution in [3.63, 3.8) is 0 Å². The number of nitrogens with zero attached hydrogens (tertiary/aromatic N) is 2. The van der Waals surface area contributed by atoms with Crippen LogP contribution in [-0.2, 0) is 6.54 Å². The molecule has 0 bridgehead atoms. The molecule has 0 saturated heterocycles. The van der Waals surface area contributed by atoms with E-state index in [1.165, 1.54) is 5.56 Å². The van der Waals surface area contributed by atoms with Crippen LogP contribution < -0.4 is 5.32 Å². The molecule has 1 aromatic heterocycles. The molecule has 0 aliphatic carbocycles. The molecule has 18 heavy (non-hydrogen) atoms. The van der Waals surface area contributed by atoms with Gasteiger partial charge in [0.25, 0.3) is 0 Å². The summed E-state index contributed by atoms with van der Waals surface area (Å²) in [6.45, 7) is 2.70. The highest BCUT2D eigenvalue weighted by Crippen LogP contribution is 2.23. The van der Waals surface area contributed by atoms with E-state index in [-0.39, 0.29) is 0 Å². The fourth-order valence-electron chi connectivity index (χ4n) is 1.60. The van der Waals surface area contributed by atoms with Gasteiger partial charge in [-0.15, -0.1) is 0 Å². The van der Waals surface area contributed by atoms with Gasteiger partial charge in [0, 0.05) is 18.9 Å². The number of hydrogen-bond donors (Lipinski definition) is 1. The Labute approximate surface area is 111 Å². The Morgan fingerprint density at radius 3 is 2.89 bits per heavy atom. The highest BCUT2D eigenvalue weighted by molar-refractivity contribution is 6.33. The number of nitriles is 1. The van der Waals surface area contributed by atoms with Crippen molar-refractivity contribution in [1.29, 1.82) is 5.26 Å². The van der Waals surface area contributed by atoms with Crippen LogP contribution in [0, 0.1) is 18.3 Å². The first kappa shape index (κ1) is 12.4. The van der Waals surface area contributed by atoms with Crippen molar-refractivity contribution in [2.45, 2.75) is 13.5 Å². The molecular formula is C14H12ClN3. The molecule has 0 unspecified atom stereocenters. The zero-order valence-electron chi connectivity index (χ0n) is 9.94. The third kappa shape index (κ3) is 2.79. The van der Waals surface area contributed by atoms with Gasteiger partial charge < -0.3 is 5.32 Å². The molecule has 2 rings (SSSR count). The Bertz CT molecular complexity index is 602. The molecule has 0 fully saturated rings. The van der Waals surface area contributed by atoms with Gasteiger partial charge in [-0.3, -0.25) is 4.98 Å². The maximum Gasteiger partial charge on any atom is 0.0992 e. The molecule has 0 aliphatic heterocycles. The number of aryl methyl sites for hydroxylation is 1. The predicted octanol–water partition coefficient (Wildman–Crippen LogP) is 3.53. The summed E-state index contributed by atoms with van der Waals surface area (Å²) < 4.78 is 0. The minimum Gasteiger partial charge on any atom is -0.380 e. The van der Waals surface area contributed by atoms with E-state index in [2.05, 4.69) is 16.4 Å². The minimum atomic E-state index is 0.551. The Kier molecular flexibility index (Phi) is 3.81. The first-order chi connectivity index (χ1) is 8.70. The molecule has 0 aliphatic rings. The number of rotatable bonds is 3. The van der Waals surface area contributed by atoms with Crippen molar-refractivity contribution in [2.75, 3.05) is 5.32 Å². The molecule has 1 N–H and O–H groups in total. The van der Waals surface area contributed by atoms with Crippen LogP contribution in [0.1, 0.15) is 16.7 Å². The van der Waals surface area contributed by atoms with Crippen molar-refractivity contribution < 1.29 is 0 Å². The molecule has 90 valence electrons. The second kappa shape index (κ2) is 5.52. The third-order valence-corrected chi connectivity index (χ3v) is 3.03. The van der Waals surface area contributed by atoms with E-state index >= 15 is 0 Å². The van der Waals surface area contributed by atoms with Crippen molar-refractivity contribution in [2.24, 2.45) is 0 Å². The van der Waals surface area contributed by atoms with Crippen LogP contribution in [0.3, 0.4) is 0 Å². The number of aromatic nitrogens is 1. The van der Waals surface area contributed by atoms with Crippen LogP contribution >= 0.6 is 11.6 Å². The molecule has 0 atom stereocenters. The van der Waals surface area contributed by atoms with Gasteiger partial charge in [-0.25, -0.2) is 0 Å². The van der Waals surface area contributed by atoms with Gasteiger partial charge in [-0.1, -0.05) is 11.6 Å². The molecule has 0 spiro atoms. The smallest absolute Gasteiger partial charge is 0.0992 e. The fourth-order valence-corrected chi connectivity index (χ4v) is 1.85. The van der Waals surface area contributed by atoms with E-state index in [0.717, 1.165) is 11.3 Å². The molecule has 0 amide bonds. The summed E-state index contributed by atoms with van der Waals surface area (Å²) in [5.74, 6) is 0. The number of hydrogen-bond acceptors (Lipinski definition) is 3. The number of anilines is 1. The first-order valence-corrected chi connectivity index (χ1v) is 5.91. The second-order valence-corrected chi connectivity index (χ2v) is 4.37. The Balaban J connectivity index is 2.12. The van der Waals surface area contributed by atoms with Crippen molar-refractivity contribution in [3.05, 3.63) is 58.4 Å². The molecular weight excluding hydrogens is 246 g/mol. The third-order valence-electron chi connectivity index (χ3n) is 2.71. The van der Waals surface area contributed by atoms with Crippen LogP contribution in [0.5, 0.6) is 0 Å². The number of pyridine rings is 1. The van der Waals surface area contributed by atoms with Gasteiger partial charge in [-0.2, -0.15) is 5.26 Å². The summed E-state index contributed by atoms with van der Waals surface area (Å²) in [4.78, 5) is 4.09. The summed E-state index contributed by atoms with van der Waals surface area (Å²) in [6.07, 6.45) is 3.60. The van der Waals surface area contributed by atoms with Gasteiger partial charge in [0.2, 0.25) is 0 Å². The Morgan fingerprint density at radius 2 is 2.22 bits per heavy atom. The van der Waals surface area contributed by atoms with Gasteiger partial charge in [-0.05, 0) is 42.3 Å². The van der Waals surface area contributed by atoms with Gasteiger partial charge in [0.15, 0.2) is 0 Å². The zero-order chi connectivity index (χ0) is 13.0. The van der Waals surface area contributed by atoms with E-state index in [9.17, 15) is 0 Å². The van der Waals surface area contributed by atoms with E-state index in [1.54, 1.807) is 18.3 Å². The van der Waals surface area contributed by atoms with Gasteiger partial charge in [0.05, 0.1) is 22.3 Å². The fraction of sp³-hybridized carbons (Fsp3) is 0.143. The van der Waals surface area contributed by atoms with Crippen LogP contribution in [-0.4, -0.2) is 4.98 Å². The Hall–Kier alpha value is -2.05. The summed E-state index contributed by atoms with van der Waals surface area (Å²) in [5.41, 5.74) is 3.68. The number of nitrogens with one attached hydrogen (secondary N) is 1. The monoisotopic (exact) mass is 257 g/mol. The molecule has 3 nitrogen and oxygen atoms in total.